The summed E-state index contributed by atoms with van der Waals surface area (Å²) in [6, 6.07) is 0. The molecule has 0 spiro atoms. The van der Waals surface area contributed by atoms with Crippen LogP contribution in [0.4, 0.5) is 0 Å². The average molecular weight is 238 g/mol. The summed E-state index contributed by atoms with van der Waals surface area (Å²) in [7, 11) is 0. The van der Waals surface area contributed by atoms with Gasteiger partial charge in [-0.3, -0.25) is 0 Å². The average Bonchev–Trinajstić information content (AvgIpc) is 1.84. The van der Waals surface area contributed by atoms with Crippen molar-refractivity contribution in [2.45, 2.75) is 44.9 Å². The van der Waals surface area contributed by atoms with E-state index < -0.39 is 0 Å². The van der Waals surface area contributed by atoms with Crippen LogP contribution in [0.1, 0.15) is 44.9 Å². The maximum Gasteiger partial charge on any atom is 0.0826 e. The Morgan fingerprint density at radius 2 is 1.45 bits per heavy atom. The minimum Gasteiger partial charge on any atom is -0.0762 e. The van der Waals surface area contributed by atoms with Gasteiger partial charge in [-0.05, 0) is 47.2 Å². The largest absolute Gasteiger partial charge is 0.0826 e. The van der Waals surface area contributed by atoms with Crippen molar-refractivity contribution in [1.29, 1.82) is 0 Å². The Morgan fingerprint density at radius 1 is 1.00 bits per heavy atom. The molecule has 0 aliphatic heterocycles. The van der Waals surface area contributed by atoms with Gasteiger partial charge in [-0.25, -0.2) is 0 Å². The minimum absolute atomic E-state index is 0.861. The van der Waals surface area contributed by atoms with Gasteiger partial charge in [-0.15, -0.1) is 0 Å². The Labute approximate surface area is 82.1 Å². The fourth-order valence-corrected chi connectivity index (χ4v) is 2.11. The molecule has 1 rings (SSSR count). The van der Waals surface area contributed by atoms with Crippen molar-refractivity contribution in [1.82, 2.24) is 0 Å². The van der Waals surface area contributed by atoms with E-state index in [-0.39, 0.29) is 0 Å². The van der Waals surface area contributed by atoms with E-state index in [0.29, 0.717) is 0 Å². The Bertz CT molecular complexity index is 138. The molecule has 0 radical (unpaired) electrons. The molecule has 1 aliphatic carbocycles. The fourth-order valence-electron chi connectivity index (χ4n) is 1.52. The smallest absolute Gasteiger partial charge is 0.0762 e. The summed E-state index contributed by atoms with van der Waals surface area (Å²) >= 11 is 9.22. The van der Waals surface area contributed by atoms with Crippen LogP contribution in [0.2, 0.25) is 0 Å². The number of halogens is 2. The van der Waals surface area contributed by atoms with E-state index in [4.69, 9.17) is 11.6 Å². The standard InChI is InChI=1S/C9H14BrCl/c10-9(11)8-6-4-2-1-3-5-7-8/h1-7H2. The first-order chi connectivity index (χ1) is 5.30. The Morgan fingerprint density at radius 3 is 1.91 bits per heavy atom. The molecule has 0 heterocycles. The van der Waals surface area contributed by atoms with Crippen LogP contribution in [0.25, 0.3) is 0 Å². The SMILES string of the molecule is ClC(Br)=C1CCCCCCC1. The van der Waals surface area contributed by atoms with Gasteiger partial charge in [0.2, 0.25) is 0 Å². The monoisotopic (exact) mass is 236 g/mol. The van der Waals surface area contributed by atoms with Crippen LogP contribution in [0, 0.1) is 0 Å². The first-order valence-corrected chi connectivity index (χ1v) is 5.51. The molecule has 64 valence electrons. The second-order valence-corrected chi connectivity index (χ2v) is 4.76. The molecule has 0 aromatic rings. The Hall–Kier alpha value is 0.510. The third-order valence-corrected chi connectivity index (χ3v) is 3.05. The molecule has 1 aliphatic rings. The molecule has 0 aromatic heterocycles. The Kier molecular flexibility index (Phi) is 4.54. The molecule has 1 fully saturated rings. The molecule has 0 amide bonds. The molecule has 0 N–H and O–H groups in total. The molecule has 0 nitrogen and oxygen atoms in total. The summed E-state index contributed by atoms with van der Waals surface area (Å²) in [5.74, 6) is 0. The molecule has 0 bridgehead atoms. The number of rotatable bonds is 0. The lowest BCUT2D eigenvalue weighted by molar-refractivity contribution is 0.569. The first-order valence-electron chi connectivity index (χ1n) is 4.34. The van der Waals surface area contributed by atoms with Crippen LogP contribution < -0.4 is 0 Å². The second kappa shape index (κ2) is 5.21. The van der Waals surface area contributed by atoms with E-state index in [1.54, 1.807) is 0 Å². The lowest BCUT2D eigenvalue weighted by Gasteiger charge is -2.11. The molecular weight excluding hydrogens is 223 g/mol. The van der Waals surface area contributed by atoms with Crippen LogP contribution in [-0.2, 0) is 0 Å². The molecule has 0 saturated heterocycles. The van der Waals surface area contributed by atoms with Gasteiger partial charge in [0.05, 0.1) is 3.94 Å². The van der Waals surface area contributed by atoms with Crippen molar-refractivity contribution in [2.75, 3.05) is 0 Å². The number of hydrogen-bond donors (Lipinski definition) is 0. The summed E-state index contributed by atoms with van der Waals surface area (Å²) < 4.78 is 0.861. The van der Waals surface area contributed by atoms with Gasteiger partial charge in [0, 0.05) is 0 Å². The molecule has 0 unspecified atom stereocenters. The fraction of sp³-hybridized carbons (Fsp3) is 0.778. The van der Waals surface area contributed by atoms with E-state index in [0.717, 1.165) is 3.94 Å². The van der Waals surface area contributed by atoms with Crippen LogP contribution in [0.3, 0.4) is 0 Å². The Balaban J connectivity index is 2.45. The summed E-state index contributed by atoms with van der Waals surface area (Å²) in [5.41, 5.74) is 1.42. The maximum atomic E-state index is 5.88. The van der Waals surface area contributed by atoms with Crippen LogP contribution in [0.15, 0.2) is 9.51 Å². The van der Waals surface area contributed by atoms with Crippen molar-refractivity contribution in [3.63, 3.8) is 0 Å². The van der Waals surface area contributed by atoms with Gasteiger partial charge >= 0.3 is 0 Å². The van der Waals surface area contributed by atoms with Crippen LogP contribution in [-0.4, -0.2) is 0 Å². The summed E-state index contributed by atoms with van der Waals surface area (Å²) in [5, 5.41) is 0. The zero-order valence-electron chi connectivity index (χ0n) is 6.71. The van der Waals surface area contributed by atoms with E-state index in [1.807, 2.05) is 0 Å². The molecule has 1 saturated carbocycles. The third-order valence-electron chi connectivity index (χ3n) is 2.22. The van der Waals surface area contributed by atoms with Crippen LogP contribution >= 0.6 is 27.5 Å². The highest BCUT2D eigenvalue weighted by molar-refractivity contribution is 9.12. The summed E-state index contributed by atoms with van der Waals surface area (Å²) in [6.07, 6.45) is 9.19. The predicted octanol–water partition coefficient (Wildman–Crippen LogP) is 4.58. The zero-order valence-corrected chi connectivity index (χ0v) is 9.05. The number of hydrogen-bond acceptors (Lipinski definition) is 0. The summed E-state index contributed by atoms with van der Waals surface area (Å²) in [4.78, 5) is 0. The third kappa shape index (κ3) is 3.62. The van der Waals surface area contributed by atoms with E-state index >= 15 is 0 Å². The van der Waals surface area contributed by atoms with Crippen molar-refractivity contribution in [3.8, 4) is 0 Å². The van der Waals surface area contributed by atoms with Crippen molar-refractivity contribution in [2.24, 2.45) is 0 Å². The van der Waals surface area contributed by atoms with Crippen LogP contribution in [0.5, 0.6) is 0 Å². The lowest BCUT2D eigenvalue weighted by atomic mass is 9.97. The number of allylic oxidation sites excluding steroid dienone is 1. The van der Waals surface area contributed by atoms with E-state index in [1.165, 1.54) is 50.5 Å². The molecule has 0 aromatic carbocycles. The lowest BCUT2D eigenvalue weighted by Crippen LogP contribution is -1.91. The molecule has 11 heavy (non-hydrogen) atoms. The van der Waals surface area contributed by atoms with E-state index in [9.17, 15) is 0 Å². The molecule has 0 atom stereocenters. The highest BCUT2D eigenvalue weighted by Crippen LogP contribution is 2.28. The highest BCUT2D eigenvalue weighted by Gasteiger charge is 2.05. The van der Waals surface area contributed by atoms with Crippen molar-refractivity contribution < 1.29 is 0 Å². The normalized spacial score (nSPS) is 20.7. The quantitative estimate of drug-likeness (QED) is 0.579. The van der Waals surface area contributed by atoms with Crippen molar-refractivity contribution >= 4 is 27.5 Å². The van der Waals surface area contributed by atoms with Gasteiger partial charge in [0.1, 0.15) is 0 Å². The second-order valence-electron chi connectivity index (χ2n) is 3.13. The zero-order chi connectivity index (χ0) is 8.10. The predicted molar refractivity (Wildman–Crippen MR) is 54.1 cm³/mol. The first kappa shape index (κ1) is 9.60. The van der Waals surface area contributed by atoms with Gasteiger partial charge in [-0.1, -0.05) is 30.9 Å². The molecule has 2 heteroatoms. The summed E-state index contributed by atoms with van der Waals surface area (Å²) in [6.45, 7) is 0. The van der Waals surface area contributed by atoms with Gasteiger partial charge < -0.3 is 0 Å². The van der Waals surface area contributed by atoms with Gasteiger partial charge in [-0.2, -0.15) is 0 Å². The van der Waals surface area contributed by atoms with Gasteiger partial charge in [0.25, 0.3) is 0 Å². The topological polar surface area (TPSA) is 0 Å². The maximum absolute atomic E-state index is 5.88. The highest BCUT2D eigenvalue weighted by atomic mass is 79.9. The minimum atomic E-state index is 0.861. The van der Waals surface area contributed by atoms with Gasteiger partial charge in [0.15, 0.2) is 0 Å². The molecular formula is C9H14BrCl. The van der Waals surface area contributed by atoms with E-state index in [2.05, 4.69) is 15.9 Å². The van der Waals surface area contributed by atoms with Crippen molar-refractivity contribution in [3.05, 3.63) is 9.51 Å².